The minimum absolute atomic E-state index is 0. The summed E-state index contributed by atoms with van der Waals surface area (Å²) in [6, 6.07) is 7.54. The number of nitrogens with one attached hydrogen (secondary N) is 1. The van der Waals surface area contributed by atoms with Gasteiger partial charge in [-0.15, -0.1) is 12.4 Å². The Morgan fingerprint density at radius 2 is 2.24 bits per heavy atom. The van der Waals surface area contributed by atoms with Crippen molar-refractivity contribution >= 4 is 29.9 Å². The monoisotopic (exact) mass is 276 g/mol. The topological polar surface area (TPSA) is 55.1 Å². The molecule has 3 N–H and O–H groups in total. The first-order chi connectivity index (χ1) is 7.58. The van der Waals surface area contributed by atoms with Crippen molar-refractivity contribution in [1.29, 1.82) is 0 Å². The van der Waals surface area contributed by atoms with Crippen molar-refractivity contribution in [2.24, 2.45) is 5.73 Å². The lowest BCUT2D eigenvalue weighted by atomic mass is 10.1. The average Bonchev–Trinajstić information content (AvgIpc) is 2.16. The van der Waals surface area contributed by atoms with E-state index in [-0.39, 0.29) is 24.4 Å². The van der Waals surface area contributed by atoms with Gasteiger partial charge in [0.1, 0.15) is 0 Å². The lowest BCUT2D eigenvalue weighted by Crippen LogP contribution is -2.31. The molecule has 0 aliphatic heterocycles. The van der Waals surface area contributed by atoms with Gasteiger partial charge in [0.2, 0.25) is 5.91 Å². The number of carbonyl (C=O) groups excluding carboxylic acids is 1. The molecule has 0 spiro atoms. The van der Waals surface area contributed by atoms with E-state index in [0.717, 1.165) is 17.0 Å². The van der Waals surface area contributed by atoms with Gasteiger partial charge in [-0.1, -0.05) is 23.7 Å². The smallest absolute Gasteiger partial charge is 0.221 e. The third kappa shape index (κ3) is 7.21. The van der Waals surface area contributed by atoms with Crippen LogP contribution in [0.15, 0.2) is 24.3 Å². The maximum Gasteiger partial charge on any atom is 0.221 e. The molecule has 5 heteroatoms. The fraction of sp³-hybridized carbons (Fsp3) is 0.417. The van der Waals surface area contributed by atoms with Crippen molar-refractivity contribution in [3.8, 4) is 0 Å². The minimum Gasteiger partial charge on any atom is -0.356 e. The highest BCUT2D eigenvalue weighted by Gasteiger charge is 2.03. The van der Waals surface area contributed by atoms with Crippen LogP contribution in [0.5, 0.6) is 0 Å². The Kier molecular flexibility index (Phi) is 7.96. The highest BCUT2D eigenvalue weighted by molar-refractivity contribution is 6.30. The molecular formula is C12H18Cl2N2O. The summed E-state index contributed by atoms with van der Waals surface area (Å²) >= 11 is 5.85. The zero-order chi connectivity index (χ0) is 12.0. The van der Waals surface area contributed by atoms with E-state index in [9.17, 15) is 4.79 Å². The predicted octanol–water partition coefficient (Wildman–Crippen LogP) is 2.16. The van der Waals surface area contributed by atoms with Crippen LogP contribution in [0, 0.1) is 0 Å². The van der Waals surface area contributed by atoms with E-state index in [4.69, 9.17) is 17.3 Å². The van der Waals surface area contributed by atoms with Crippen LogP contribution in [0.3, 0.4) is 0 Å². The second-order valence-electron chi connectivity index (χ2n) is 3.91. The number of halogens is 2. The van der Waals surface area contributed by atoms with E-state index in [1.54, 1.807) is 0 Å². The molecule has 1 rings (SSSR count). The maximum atomic E-state index is 11.3. The second kappa shape index (κ2) is 8.34. The Hall–Kier alpha value is -0.770. The molecule has 1 aromatic rings. The zero-order valence-electron chi connectivity index (χ0n) is 9.78. The highest BCUT2D eigenvalue weighted by atomic mass is 35.5. The molecule has 1 aromatic carbocycles. The largest absolute Gasteiger partial charge is 0.356 e. The molecule has 1 amide bonds. The molecule has 0 saturated carbocycles. The second-order valence-corrected chi connectivity index (χ2v) is 4.35. The van der Waals surface area contributed by atoms with Crippen LogP contribution in [0.2, 0.25) is 5.02 Å². The van der Waals surface area contributed by atoms with Gasteiger partial charge >= 0.3 is 0 Å². The Bertz CT molecular complexity index is 356. The quantitative estimate of drug-likeness (QED) is 0.866. The lowest BCUT2D eigenvalue weighted by molar-refractivity contribution is -0.121. The Morgan fingerprint density at radius 1 is 1.53 bits per heavy atom. The molecule has 0 aliphatic rings. The number of hydrogen-bond donors (Lipinski definition) is 2. The third-order valence-corrected chi connectivity index (χ3v) is 2.37. The summed E-state index contributed by atoms with van der Waals surface area (Å²) in [5.74, 6) is -0.00275. The normalized spacial score (nSPS) is 11.5. The van der Waals surface area contributed by atoms with Gasteiger partial charge in [-0.25, -0.2) is 0 Å². The molecule has 96 valence electrons. The number of carbonyl (C=O) groups is 1. The molecule has 0 radical (unpaired) electrons. The van der Waals surface area contributed by atoms with Crippen molar-refractivity contribution in [3.05, 3.63) is 34.9 Å². The van der Waals surface area contributed by atoms with Gasteiger partial charge in [0.05, 0.1) is 0 Å². The van der Waals surface area contributed by atoms with E-state index in [0.29, 0.717) is 13.0 Å². The van der Waals surface area contributed by atoms with Crippen LogP contribution in [0.1, 0.15) is 18.9 Å². The number of rotatable bonds is 5. The number of benzene rings is 1. The van der Waals surface area contributed by atoms with E-state index in [2.05, 4.69) is 5.32 Å². The summed E-state index contributed by atoms with van der Waals surface area (Å²) in [6.07, 6.45) is 1.15. The van der Waals surface area contributed by atoms with Gasteiger partial charge in [0, 0.05) is 24.0 Å². The molecule has 1 unspecified atom stereocenters. The summed E-state index contributed by atoms with van der Waals surface area (Å²) in [5.41, 5.74) is 6.64. The van der Waals surface area contributed by atoms with Gasteiger partial charge < -0.3 is 11.1 Å². The number of hydrogen-bond acceptors (Lipinski definition) is 2. The highest BCUT2D eigenvalue weighted by Crippen LogP contribution is 2.10. The molecule has 0 fully saturated rings. The van der Waals surface area contributed by atoms with E-state index in [1.165, 1.54) is 0 Å². The van der Waals surface area contributed by atoms with Crippen LogP contribution in [0.4, 0.5) is 0 Å². The van der Waals surface area contributed by atoms with Crippen LogP contribution in [0.25, 0.3) is 0 Å². The fourth-order valence-corrected chi connectivity index (χ4v) is 1.62. The SMILES string of the molecule is CC(N)CC(=O)NCCc1cccc(Cl)c1.Cl. The fourth-order valence-electron chi connectivity index (χ4n) is 1.40. The molecule has 0 saturated heterocycles. The molecule has 1 atom stereocenters. The van der Waals surface area contributed by atoms with Crippen molar-refractivity contribution in [3.63, 3.8) is 0 Å². The van der Waals surface area contributed by atoms with Crippen LogP contribution >= 0.6 is 24.0 Å². The minimum atomic E-state index is -0.0915. The zero-order valence-corrected chi connectivity index (χ0v) is 11.4. The average molecular weight is 277 g/mol. The van der Waals surface area contributed by atoms with E-state index < -0.39 is 0 Å². The standard InChI is InChI=1S/C12H17ClN2O.ClH/c1-9(14)7-12(16)15-6-5-10-3-2-4-11(13)8-10;/h2-4,8-9H,5-7,14H2,1H3,(H,15,16);1H. The van der Waals surface area contributed by atoms with Crippen LogP contribution in [-0.4, -0.2) is 18.5 Å². The maximum absolute atomic E-state index is 11.3. The first kappa shape index (κ1) is 16.2. The molecule has 0 aromatic heterocycles. The number of nitrogens with two attached hydrogens (primary N) is 1. The van der Waals surface area contributed by atoms with Crippen LogP contribution in [-0.2, 0) is 11.2 Å². The summed E-state index contributed by atoms with van der Waals surface area (Å²) in [4.78, 5) is 11.3. The Balaban J connectivity index is 0.00000256. The van der Waals surface area contributed by atoms with Crippen molar-refractivity contribution in [2.45, 2.75) is 25.8 Å². The number of amides is 1. The van der Waals surface area contributed by atoms with Gasteiger partial charge in [-0.05, 0) is 31.0 Å². The van der Waals surface area contributed by atoms with Crippen LogP contribution < -0.4 is 11.1 Å². The van der Waals surface area contributed by atoms with Gasteiger partial charge in [0.25, 0.3) is 0 Å². The van der Waals surface area contributed by atoms with Gasteiger partial charge in [-0.2, -0.15) is 0 Å². The summed E-state index contributed by atoms with van der Waals surface area (Å²) in [5, 5.41) is 3.54. The third-order valence-electron chi connectivity index (χ3n) is 2.13. The van der Waals surface area contributed by atoms with Gasteiger partial charge in [0.15, 0.2) is 0 Å². The van der Waals surface area contributed by atoms with Gasteiger partial charge in [-0.3, -0.25) is 4.79 Å². The molecule has 0 heterocycles. The van der Waals surface area contributed by atoms with Crippen molar-refractivity contribution in [1.82, 2.24) is 5.32 Å². The Morgan fingerprint density at radius 3 is 2.82 bits per heavy atom. The van der Waals surface area contributed by atoms with Crippen molar-refractivity contribution in [2.75, 3.05) is 6.54 Å². The summed E-state index contributed by atoms with van der Waals surface area (Å²) in [6.45, 7) is 2.43. The molecule has 3 nitrogen and oxygen atoms in total. The van der Waals surface area contributed by atoms with E-state index in [1.807, 2.05) is 31.2 Å². The first-order valence-electron chi connectivity index (χ1n) is 5.34. The Labute approximate surface area is 113 Å². The molecular weight excluding hydrogens is 259 g/mol. The molecule has 0 bridgehead atoms. The van der Waals surface area contributed by atoms with Crippen molar-refractivity contribution < 1.29 is 4.79 Å². The molecule has 0 aliphatic carbocycles. The first-order valence-corrected chi connectivity index (χ1v) is 5.72. The summed E-state index contributed by atoms with van der Waals surface area (Å²) in [7, 11) is 0. The lowest BCUT2D eigenvalue weighted by Gasteiger charge is -2.07. The van der Waals surface area contributed by atoms with E-state index >= 15 is 0 Å². The predicted molar refractivity (Wildman–Crippen MR) is 73.7 cm³/mol. The molecule has 17 heavy (non-hydrogen) atoms. The summed E-state index contributed by atoms with van der Waals surface area (Å²) < 4.78 is 0.